The maximum atomic E-state index is 12.0. The summed E-state index contributed by atoms with van der Waals surface area (Å²) in [5, 5.41) is 3.42. The summed E-state index contributed by atoms with van der Waals surface area (Å²) in [7, 11) is 0. The first kappa shape index (κ1) is 17.1. The molecule has 0 bridgehead atoms. The monoisotopic (exact) mass is 311 g/mol. The molecule has 122 valence electrons. The number of anilines is 2. The van der Waals surface area contributed by atoms with Gasteiger partial charge in [-0.25, -0.2) is 4.79 Å². The molecule has 1 N–H and O–H groups in total. The Kier molecular flexibility index (Phi) is 5.09. The van der Waals surface area contributed by atoms with Gasteiger partial charge in [-0.3, -0.25) is 0 Å². The average Bonchev–Trinajstić information content (AvgIpc) is 2.46. The number of rotatable bonds is 4. The lowest BCUT2D eigenvalue weighted by molar-refractivity contribution is 0.00696. The molecule has 0 amide bonds. The highest BCUT2D eigenvalue weighted by Gasteiger charge is 2.17. The number of hydrogen-bond acceptors (Lipinski definition) is 3. The number of para-hydroxylation sites is 1. The van der Waals surface area contributed by atoms with Crippen molar-refractivity contribution in [2.45, 2.75) is 46.1 Å². The Morgan fingerprint density at radius 3 is 2.17 bits per heavy atom. The zero-order chi connectivity index (χ0) is 17.0. The summed E-state index contributed by atoms with van der Waals surface area (Å²) in [6, 6.07) is 15.6. The molecule has 3 heteroatoms. The van der Waals surface area contributed by atoms with Gasteiger partial charge in [0.15, 0.2) is 0 Å². The molecule has 2 rings (SSSR count). The van der Waals surface area contributed by atoms with E-state index in [0.717, 1.165) is 11.4 Å². The summed E-state index contributed by atoms with van der Waals surface area (Å²) in [5.41, 5.74) is 3.38. The van der Waals surface area contributed by atoms with Gasteiger partial charge in [-0.2, -0.15) is 0 Å². The summed E-state index contributed by atoms with van der Waals surface area (Å²) in [4.78, 5) is 12.0. The molecule has 2 aromatic carbocycles. The molecule has 0 fully saturated rings. The summed E-state index contributed by atoms with van der Waals surface area (Å²) in [5.74, 6) is 0.145. The topological polar surface area (TPSA) is 38.3 Å². The lowest BCUT2D eigenvalue weighted by Crippen LogP contribution is -2.23. The fourth-order valence-corrected chi connectivity index (χ4v) is 2.30. The fourth-order valence-electron chi connectivity index (χ4n) is 2.30. The van der Waals surface area contributed by atoms with Crippen LogP contribution >= 0.6 is 0 Å². The van der Waals surface area contributed by atoms with Gasteiger partial charge in [-0.05, 0) is 62.6 Å². The van der Waals surface area contributed by atoms with Gasteiger partial charge in [-0.1, -0.05) is 32.0 Å². The van der Waals surface area contributed by atoms with Crippen LogP contribution in [0.5, 0.6) is 0 Å². The first-order valence-corrected chi connectivity index (χ1v) is 7.95. The van der Waals surface area contributed by atoms with Crippen LogP contribution in [0.3, 0.4) is 0 Å². The largest absolute Gasteiger partial charge is 0.456 e. The SMILES string of the molecule is CC(C)c1ccccc1Nc1ccc(C(=O)OC(C)(C)C)cc1. The highest BCUT2D eigenvalue weighted by atomic mass is 16.6. The van der Waals surface area contributed by atoms with Gasteiger partial charge >= 0.3 is 5.97 Å². The molecule has 2 aromatic rings. The molecule has 0 radical (unpaired) electrons. The molecule has 0 aromatic heterocycles. The van der Waals surface area contributed by atoms with Crippen molar-refractivity contribution < 1.29 is 9.53 Å². The van der Waals surface area contributed by atoms with E-state index >= 15 is 0 Å². The van der Waals surface area contributed by atoms with E-state index < -0.39 is 5.60 Å². The maximum Gasteiger partial charge on any atom is 0.338 e. The van der Waals surface area contributed by atoms with Crippen molar-refractivity contribution in [1.29, 1.82) is 0 Å². The fraction of sp³-hybridized carbons (Fsp3) is 0.350. The van der Waals surface area contributed by atoms with Gasteiger partial charge in [0.2, 0.25) is 0 Å². The van der Waals surface area contributed by atoms with Crippen molar-refractivity contribution in [2.75, 3.05) is 5.32 Å². The summed E-state index contributed by atoms with van der Waals surface area (Å²) in [6.45, 7) is 9.94. The van der Waals surface area contributed by atoms with E-state index in [-0.39, 0.29) is 5.97 Å². The number of hydrogen-bond donors (Lipinski definition) is 1. The van der Waals surface area contributed by atoms with Crippen molar-refractivity contribution in [3.05, 3.63) is 59.7 Å². The van der Waals surface area contributed by atoms with Gasteiger partial charge in [-0.15, -0.1) is 0 Å². The molecule has 0 heterocycles. The lowest BCUT2D eigenvalue weighted by Gasteiger charge is -2.19. The molecule has 0 spiro atoms. The van der Waals surface area contributed by atoms with Crippen molar-refractivity contribution >= 4 is 17.3 Å². The minimum Gasteiger partial charge on any atom is -0.456 e. The van der Waals surface area contributed by atoms with E-state index in [1.54, 1.807) is 12.1 Å². The first-order valence-electron chi connectivity index (χ1n) is 7.95. The van der Waals surface area contributed by atoms with Gasteiger partial charge in [0.25, 0.3) is 0 Å². The summed E-state index contributed by atoms with van der Waals surface area (Å²) < 4.78 is 5.37. The lowest BCUT2D eigenvalue weighted by atomic mass is 10.0. The molecule has 0 aliphatic heterocycles. The Morgan fingerprint density at radius 2 is 1.61 bits per heavy atom. The Bertz CT molecular complexity index is 667. The van der Waals surface area contributed by atoms with Gasteiger partial charge in [0.1, 0.15) is 5.60 Å². The number of ether oxygens (including phenoxy) is 1. The number of esters is 1. The normalized spacial score (nSPS) is 11.4. The van der Waals surface area contributed by atoms with Crippen LogP contribution in [0.15, 0.2) is 48.5 Å². The summed E-state index contributed by atoms with van der Waals surface area (Å²) >= 11 is 0. The molecule has 0 aliphatic carbocycles. The number of carbonyl (C=O) groups excluding carboxylic acids is 1. The predicted octanol–water partition coefficient (Wildman–Crippen LogP) is 5.51. The smallest absolute Gasteiger partial charge is 0.338 e. The van der Waals surface area contributed by atoms with E-state index in [1.165, 1.54) is 5.56 Å². The Labute approximate surface area is 138 Å². The predicted molar refractivity (Wildman–Crippen MR) is 95.4 cm³/mol. The highest BCUT2D eigenvalue weighted by molar-refractivity contribution is 5.90. The van der Waals surface area contributed by atoms with Crippen LogP contribution in [-0.4, -0.2) is 11.6 Å². The molecule has 0 aliphatic rings. The van der Waals surface area contributed by atoms with Crippen LogP contribution < -0.4 is 5.32 Å². The van der Waals surface area contributed by atoms with Crippen LogP contribution in [0.2, 0.25) is 0 Å². The Morgan fingerprint density at radius 1 is 1.00 bits per heavy atom. The number of nitrogens with one attached hydrogen (secondary N) is 1. The second-order valence-corrected chi connectivity index (χ2v) is 6.95. The number of carbonyl (C=O) groups is 1. The quantitative estimate of drug-likeness (QED) is 0.757. The molecule has 3 nitrogen and oxygen atoms in total. The maximum absolute atomic E-state index is 12.0. The van der Waals surface area contributed by atoms with E-state index in [9.17, 15) is 4.79 Å². The third-order valence-corrected chi connectivity index (χ3v) is 3.38. The van der Waals surface area contributed by atoms with Gasteiger partial charge in [0, 0.05) is 11.4 Å². The molecular formula is C20H25NO2. The Hall–Kier alpha value is -2.29. The van der Waals surface area contributed by atoms with E-state index in [0.29, 0.717) is 11.5 Å². The van der Waals surface area contributed by atoms with E-state index in [1.807, 2.05) is 45.0 Å². The van der Waals surface area contributed by atoms with Crippen molar-refractivity contribution in [3.8, 4) is 0 Å². The van der Waals surface area contributed by atoms with Crippen LogP contribution in [-0.2, 0) is 4.74 Å². The summed E-state index contributed by atoms with van der Waals surface area (Å²) in [6.07, 6.45) is 0. The minimum atomic E-state index is -0.482. The molecule has 0 unspecified atom stereocenters. The van der Waals surface area contributed by atoms with Crippen molar-refractivity contribution in [1.82, 2.24) is 0 Å². The van der Waals surface area contributed by atoms with Crippen LogP contribution in [0.1, 0.15) is 56.5 Å². The Balaban J connectivity index is 2.13. The average molecular weight is 311 g/mol. The molecular weight excluding hydrogens is 286 g/mol. The van der Waals surface area contributed by atoms with E-state index in [2.05, 4.69) is 31.3 Å². The number of benzene rings is 2. The zero-order valence-electron chi connectivity index (χ0n) is 14.5. The second kappa shape index (κ2) is 6.86. The molecule has 0 atom stereocenters. The zero-order valence-corrected chi connectivity index (χ0v) is 14.5. The standard InChI is InChI=1S/C20H25NO2/c1-14(2)17-8-6-7-9-18(17)21-16-12-10-15(11-13-16)19(22)23-20(3,4)5/h6-14,21H,1-5H3. The highest BCUT2D eigenvalue weighted by Crippen LogP contribution is 2.27. The first-order chi connectivity index (χ1) is 10.8. The van der Waals surface area contributed by atoms with Crippen molar-refractivity contribution in [2.24, 2.45) is 0 Å². The third-order valence-electron chi connectivity index (χ3n) is 3.38. The van der Waals surface area contributed by atoms with Gasteiger partial charge < -0.3 is 10.1 Å². The van der Waals surface area contributed by atoms with Crippen LogP contribution in [0.25, 0.3) is 0 Å². The van der Waals surface area contributed by atoms with Crippen LogP contribution in [0, 0.1) is 0 Å². The molecule has 0 saturated carbocycles. The minimum absolute atomic E-state index is 0.299. The second-order valence-electron chi connectivity index (χ2n) is 6.95. The third kappa shape index (κ3) is 4.85. The molecule has 0 saturated heterocycles. The van der Waals surface area contributed by atoms with Gasteiger partial charge in [0.05, 0.1) is 5.56 Å². The van der Waals surface area contributed by atoms with Crippen LogP contribution in [0.4, 0.5) is 11.4 Å². The molecule has 23 heavy (non-hydrogen) atoms. The van der Waals surface area contributed by atoms with E-state index in [4.69, 9.17) is 4.74 Å². The van der Waals surface area contributed by atoms with Crippen molar-refractivity contribution in [3.63, 3.8) is 0 Å².